The Morgan fingerprint density at radius 1 is 1.11 bits per heavy atom. The van der Waals surface area contributed by atoms with Crippen molar-refractivity contribution in [2.24, 2.45) is 0 Å². The summed E-state index contributed by atoms with van der Waals surface area (Å²) in [5.74, 6) is 0.978. The van der Waals surface area contributed by atoms with Gasteiger partial charge in [0.1, 0.15) is 5.82 Å². The van der Waals surface area contributed by atoms with Crippen LogP contribution in [0.1, 0.15) is 32.3 Å². The first kappa shape index (κ1) is 13.8. The summed E-state index contributed by atoms with van der Waals surface area (Å²) in [6, 6.07) is 10.0. The van der Waals surface area contributed by atoms with Gasteiger partial charge in [-0.1, -0.05) is 32.0 Å². The molecule has 3 nitrogen and oxygen atoms in total. The molecule has 0 aliphatic carbocycles. The number of rotatable bonds is 6. The van der Waals surface area contributed by atoms with Crippen molar-refractivity contribution in [1.29, 1.82) is 0 Å². The zero-order valence-electron chi connectivity index (χ0n) is 11.8. The third-order valence-electron chi connectivity index (χ3n) is 3.27. The van der Waals surface area contributed by atoms with Crippen LogP contribution in [0.4, 0.5) is 5.82 Å². The van der Waals surface area contributed by atoms with Gasteiger partial charge in [0.2, 0.25) is 0 Å². The van der Waals surface area contributed by atoms with Crippen molar-refractivity contribution in [2.75, 3.05) is 18.0 Å². The normalized spacial score (nSPS) is 10.9. The molecule has 0 aliphatic heterocycles. The van der Waals surface area contributed by atoms with Crippen LogP contribution >= 0.6 is 0 Å². The Balaban J connectivity index is 2.47. The van der Waals surface area contributed by atoms with E-state index in [0.717, 1.165) is 48.2 Å². The Labute approximate surface area is 114 Å². The number of fused-ring (bicyclic) bond motifs is 1. The molecule has 1 N–H and O–H groups in total. The number of hydrogen-bond donors (Lipinski definition) is 1. The SMILES string of the molecule is CCCN(CCC)c1cc(CO)c2ccccc2n1. The highest BCUT2D eigenvalue weighted by atomic mass is 16.3. The number of para-hydroxylation sites is 1. The number of aliphatic hydroxyl groups is 1. The van der Waals surface area contributed by atoms with Crippen molar-refractivity contribution in [1.82, 2.24) is 4.98 Å². The van der Waals surface area contributed by atoms with Crippen LogP contribution in [0.3, 0.4) is 0 Å². The fourth-order valence-corrected chi connectivity index (χ4v) is 2.41. The van der Waals surface area contributed by atoms with Crippen LogP contribution in [0.5, 0.6) is 0 Å². The van der Waals surface area contributed by atoms with Gasteiger partial charge >= 0.3 is 0 Å². The lowest BCUT2D eigenvalue weighted by molar-refractivity contribution is 0.283. The number of aliphatic hydroxyl groups excluding tert-OH is 1. The first-order chi connectivity index (χ1) is 9.30. The number of aromatic nitrogens is 1. The zero-order chi connectivity index (χ0) is 13.7. The van der Waals surface area contributed by atoms with Gasteiger partial charge in [-0.3, -0.25) is 0 Å². The smallest absolute Gasteiger partial charge is 0.129 e. The number of nitrogens with zero attached hydrogens (tertiary/aromatic N) is 2. The number of benzene rings is 1. The Morgan fingerprint density at radius 2 is 1.79 bits per heavy atom. The second kappa shape index (κ2) is 6.53. The van der Waals surface area contributed by atoms with Crippen molar-refractivity contribution in [3.05, 3.63) is 35.9 Å². The van der Waals surface area contributed by atoms with Gasteiger partial charge in [0, 0.05) is 18.5 Å². The van der Waals surface area contributed by atoms with E-state index in [1.54, 1.807) is 0 Å². The highest BCUT2D eigenvalue weighted by Crippen LogP contribution is 2.23. The maximum atomic E-state index is 9.56. The standard InChI is InChI=1S/C16H22N2O/c1-3-9-18(10-4-2)16-11-13(12-19)14-7-5-6-8-15(14)17-16/h5-8,11,19H,3-4,9-10,12H2,1-2H3. The predicted molar refractivity (Wildman–Crippen MR) is 80.5 cm³/mol. The molecule has 1 heterocycles. The van der Waals surface area contributed by atoms with E-state index in [1.165, 1.54) is 0 Å². The summed E-state index contributed by atoms with van der Waals surface area (Å²) in [4.78, 5) is 7.03. The Morgan fingerprint density at radius 3 is 2.42 bits per heavy atom. The molecule has 102 valence electrons. The average molecular weight is 258 g/mol. The van der Waals surface area contributed by atoms with Gasteiger partial charge in [-0.05, 0) is 30.5 Å². The van der Waals surface area contributed by atoms with Gasteiger partial charge in [0.05, 0.1) is 12.1 Å². The lowest BCUT2D eigenvalue weighted by Crippen LogP contribution is -2.26. The Bertz CT molecular complexity index is 533. The summed E-state index contributed by atoms with van der Waals surface area (Å²) in [5.41, 5.74) is 1.92. The highest BCUT2D eigenvalue weighted by molar-refractivity contribution is 5.84. The van der Waals surface area contributed by atoms with Gasteiger partial charge in [-0.2, -0.15) is 0 Å². The second-order valence-corrected chi connectivity index (χ2v) is 4.80. The van der Waals surface area contributed by atoms with Crippen LogP contribution in [0, 0.1) is 0 Å². The molecular weight excluding hydrogens is 236 g/mol. The molecule has 0 saturated carbocycles. The molecule has 1 aromatic carbocycles. The van der Waals surface area contributed by atoms with Crippen molar-refractivity contribution in [3.63, 3.8) is 0 Å². The van der Waals surface area contributed by atoms with Gasteiger partial charge < -0.3 is 10.0 Å². The first-order valence-electron chi connectivity index (χ1n) is 7.04. The van der Waals surface area contributed by atoms with Crippen molar-refractivity contribution >= 4 is 16.7 Å². The predicted octanol–water partition coefficient (Wildman–Crippen LogP) is 3.35. The minimum absolute atomic E-state index is 0.0577. The maximum absolute atomic E-state index is 9.56. The maximum Gasteiger partial charge on any atom is 0.129 e. The van der Waals surface area contributed by atoms with E-state index < -0.39 is 0 Å². The molecule has 0 spiro atoms. The molecule has 0 atom stereocenters. The molecule has 0 radical (unpaired) electrons. The molecule has 0 amide bonds. The zero-order valence-corrected chi connectivity index (χ0v) is 11.8. The fourth-order valence-electron chi connectivity index (χ4n) is 2.41. The lowest BCUT2D eigenvalue weighted by Gasteiger charge is -2.23. The minimum Gasteiger partial charge on any atom is -0.392 e. The first-order valence-corrected chi connectivity index (χ1v) is 7.04. The summed E-state index contributed by atoms with van der Waals surface area (Å²) in [6.07, 6.45) is 2.20. The summed E-state index contributed by atoms with van der Waals surface area (Å²) < 4.78 is 0. The summed E-state index contributed by atoms with van der Waals surface area (Å²) >= 11 is 0. The van der Waals surface area contributed by atoms with Gasteiger partial charge in [-0.25, -0.2) is 4.98 Å². The molecule has 2 aromatic rings. The monoisotopic (exact) mass is 258 g/mol. The number of hydrogen-bond acceptors (Lipinski definition) is 3. The molecule has 19 heavy (non-hydrogen) atoms. The Kier molecular flexibility index (Phi) is 4.74. The third-order valence-corrected chi connectivity index (χ3v) is 3.27. The van der Waals surface area contributed by atoms with Gasteiger partial charge in [0.25, 0.3) is 0 Å². The molecule has 0 bridgehead atoms. The van der Waals surface area contributed by atoms with Gasteiger partial charge in [-0.15, -0.1) is 0 Å². The second-order valence-electron chi connectivity index (χ2n) is 4.80. The molecule has 0 fully saturated rings. The van der Waals surface area contributed by atoms with Gasteiger partial charge in [0.15, 0.2) is 0 Å². The van der Waals surface area contributed by atoms with Crippen molar-refractivity contribution in [3.8, 4) is 0 Å². The minimum atomic E-state index is 0.0577. The van der Waals surface area contributed by atoms with Crippen LogP contribution in [0.15, 0.2) is 30.3 Å². The van der Waals surface area contributed by atoms with Crippen LogP contribution in [-0.2, 0) is 6.61 Å². The number of anilines is 1. The van der Waals surface area contributed by atoms with E-state index in [4.69, 9.17) is 4.98 Å². The molecule has 0 unspecified atom stereocenters. The topological polar surface area (TPSA) is 36.4 Å². The molecule has 0 aliphatic rings. The van der Waals surface area contributed by atoms with E-state index in [1.807, 2.05) is 30.3 Å². The van der Waals surface area contributed by atoms with E-state index in [2.05, 4.69) is 18.7 Å². The van der Waals surface area contributed by atoms with Crippen LogP contribution in [-0.4, -0.2) is 23.2 Å². The van der Waals surface area contributed by atoms with E-state index >= 15 is 0 Å². The number of pyridine rings is 1. The molecule has 3 heteroatoms. The fraction of sp³-hybridized carbons (Fsp3) is 0.438. The third kappa shape index (κ3) is 3.04. The average Bonchev–Trinajstić information content (AvgIpc) is 2.46. The molecule has 0 saturated heterocycles. The molecule has 2 rings (SSSR count). The summed E-state index contributed by atoms with van der Waals surface area (Å²) in [5, 5.41) is 10.6. The van der Waals surface area contributed by atoms with Crippen LogP contribution in [0.2, 0.25) is 0 Å². The highest BCUT2D eigenvalue weighted by Gasteiger charge is 2.10. The summed E-state index contributed by atoms with van der Waals surface area (Å²) in [6.45, 7) is 6.42. The van der Waals surface area contributed by atoms with E-state index in [0.29, 0.717) is 0 Å². The molecular formula is C16H22N2O. The Hall–Kier alpha value is -1.61. The quantitative estimate of drug-likeness (QED) is 0.863. The van der Waals surface area contributed by atoms with Crippen molar-refractivity contribution < 1.29 is 5.11 Å². The van der Waals surface area contributed by atoms with E-state index in [-0.39, 0.29) is 6.61 Å². The van der Waals surface area contributed by atoms with E-state index in [9.17, 15) is 5.11 Å². The lowest BCUT2D eigenvalue weighted by atomic mass is 10.1. The van der Waals surface area contributed by atoms with Crippen LogP contribution < -0.4 is 4.90 Å². The van der Waals surface area contributed by atoms with Crippen molar-refractivity contribution in [2.45, 2.75) is 33.3 Å². The summed E-state index contributed by atoms with van der Waals surface area (Å²) in [7, 11) is 0. The molecule has 1 aromatic heterocycles. The largest absolute Gasteiger partial charge is 0.392 e. The van der Waals surface area contributed by atoms with Crippen LogP contribution in [0.25, 0.3) is 10.9 Å².